The molecule has 2 N–H and O–H groups in total. The lowest BCUT2D eigenvalue weighted by molar-refractivity contribution is -0.128. The fraction of sp³-hybridized carbons (Fsp3) is 0.333. The molecule has 39 heavy (non-hydrogen) atoms. The van der Waals surface area contributed by atoms with E-state index >= 15 is 0 Å². The molecule has 6 heteroatoms. The van der Waals surface area contributed by atoms with Crippen molar-refractivity contribution in [1.29, 1.82) is 0 Å². The Bertz CT molecular complexity index is 1230. The van der Waals surface area contributed by atoms with E-state index in [2.05, 4.69) is 12.2 Å². The summed E-state index contributed by atoms with van der Waals surface area (Å²) in [5.41, 5.74) is 1.58. The van der Waals surface area contributed by atoms with Crippen molar-refractivity contribution in [2.24, 2.45) is 4.99 Å². The number of benzene rings is 3. The highest BCUT2D eigenvalue weighted by molar-refractivity contribution is 6.01. The Kier molecular flexibility index (Phi) is 10.3. The van der Waals surface area contributed by atoms with Crippen molar-refractivity contribution < 1.29 is 19.4 Å². The fourth-order valence-corrected chi connectivity index (χ4v) is 4.61. The maximum atomic E-state index is 14.0. The van der Waals surface area contributed by atoms with Gasteiger partial charge in [-0.3, -0.25) is 4.79 Å². The third kappa shape index (κ3) is 7.36. The van der Waals surface area contributed by atoms with Crippen LogP contribution < -0.4 is 10.1 Å². The van der Waals surface area contributed by atoms with E-state index in [1.165, 1.54) is 0 Å². The van der Waals surface area contributed by atoms with Crippen LogP contribution in [0.2, 0.25) is 0 Å². The van der Waals surface area contributed by atoms with E-state index in [9.17, 15) is 4.79 Å². The number of hydrogen-bond donors (Lipinski definition) is 2. The number of aliphatic imine (C=N–C) groups is 1. The summed E-state index contributed by atoms with van der Waals surface area (Å²) in [4.78, 5) is 19.0. The number of aliphatic hydroxyl groups excluding tert-OH is 1. The molecule has 0 radical (unpaired) electrons. The summed E-state index contributed by atoms with van der Waals surface area (Å²) >= 11 is 0. The number of amides is 1. The molecule has 0 unspecified atom stereocenters. The van der Waals surface area contributed by atoms with Gasteiger partial charge in [-0.15, -0.1) is 0 Å². The summed E-state index contributed by atoms with van der Waals surface area (Å²) in [6, 6.07) is 27.4. The van der Waals surface area contributed by atoms with Gasteiger partial charge in [0.2, 0.25) is 5.90 Å². The Morgan fingerprint density at radius 1 is 1.00 bits per heavy atom. The monoisotopic (exact) mass is 526 g/mol. The minimum Gasteiger partial charge on any atom is -0.494 e. The second-order valence-corrected chi connectivity index (χ2v) is 9.68. The minimum absolute atomic E-state index is 0.0882. The van der Waals surface area contributed by atoms with Gasteiger partial charge in [0.25, 0.3) is 5.91 Å². The lowest BCUT2D eigenvalue weighted by Crippen LogP contribution is -2.48. The molecule has 0 spiro atoms. The van der Waals surface area contributed by atoms with Gasteiger partial charge in [0.1, 0.15) is 5.75 Å². The predicted molar refractivity (Wildman–Crippen MR) is 156 cm³/mol. The normalized spacial score (nSPS) is 18.5. The Labute approximate surface area is 231 Å². The van der Waals surface area contributed by atoms with E-state index in [0.717, 1.165) is 36.0 Å². The number of ether oxygens (including phenoxy) is 2. The van der Waals surface area contributed by atoms with Crippen molar-refractivity contribution >= 4 is 17.9 Å². The molecule has 0 aliphatic carbocycles. The molecule has 1 aliphatic rings. The van der Waals surface area contributed by atoms with Gasteiger partial charge in [-0.25, -0.2) is 4.99 Å². The highest BCUT2D eigenvalue weighted by Gasteiger charge is 2.52. The van der Waals surface area contributed by atoms with Crippen LogP contribution >= 0.6 is 0 Å². The zero-order valence-electron chi connectivity index (χ0n) is 22.6. The minimum atomic E-state index is -1.16. The molecule has 3 aromatic rings. The highest BCUT2D eigenvalue weighted by Crippen LogP contribution is 2.43. The molecule has 1 aliphatic heterocycles. The van der Waals surface area contributed by atoms with Gasteiger partial charge in [0.15, 0.2) is 11.6 Å². The molecule has 3 aromatic carbocycles. The van der Waals surface area contributed by atoms with Crippen LogP contribution in [0.25, 0.3) is 6.08 Å². The molecule has 0 saturated heterocycles. The molecule has 0 fully saturated rings. The summed E-state index contributed by atoms with van der Waals surface area (Å²) in [6.07, 6.45) is 7.48. The third-order valence-corrected chi connectivity index (χ3v) is 6.74. The molecule has 0 saturated carbocycles. The second kappa shape index (κ2) is 14.3. The van der Waals surface area contributed by atoms with Crippen molar-refractivity contribution in [3.05, 3.63) is 108 Å². The Morgan fingerprint density at radius 2 is 1.72 bits per heavy atom. The lowest BCUT2D eigenvalue weighted by atomic mass is 9.84. The van der Waals surface area contributed by atoms with Gasteiger partial charge in [-0.05, 0) is 41.8 Å². The van der Waals surface area contributed by atoms with Crippen LogP contribution in [0.4, 0.5) is 0 Å². The van der Waals surface area contributed by atoms with Crippen LogP contribution in [0.3, 0.4) is 0 Å². The first-order valence-electron chi connectivity index (χ1n) is 13.8. The molecule has 204 valence electrons. The Balaban J connectivity index is 1.68. The first kappa shape index (κ1) is 28.1. The van der Waals surface area contributed by atoms with Gasteiger partial charge in [0, 0.05) is 31.6 Å². The van der Waals surface area contributed by atoms with Gasteiger partial charge in [-0.2, -0.15) is 0 Å². The van der Waals surface area contributed by atoms with E-state index in [-0.39, 0.29) is 12.5 Å². The van der Waals surface area contributed by atoms with Crippen molar-refractivity contribution in [3.8, 4) is 5.75 Å². The average Bonchev–Trinajstić information content (AvgIpc) is 3.37. The number of carbonyl (C=O) groups excluding carboxylic acids is 1. The summed E-state index contributed by atoms with van der Waals surface area (Å²) in [5.74, 6) is 1.00. The molecular weight excluding hydrogens is 488 g/mol. The highest BCUT2D eigenvalue weighted by atomic mass is 16.5. The number of nitrogens with one attached hydrogen (secondary N) is 1. The van der Waals surface area contributed by atoms with E-state index in [1.54, 1.807) is 0 Å². The number of rotatable bonds is 14. The number of unbranched alkanes of at least 4 members (excludes halogenated alkanes) is 2. The predicted octanol–water partition coefficient (Wildman–Crippen LogP) is 6.11. The summed E-state index contributed by atoms with van der Waals surface area (Å²) < 4.78 is 12.2. The van der Waals surface area contributed by atoms with E-state index < -0.39 is 11.6 Å². The molecule has 1 heterocycles. The van der Waals surface area contributed by atoms with Gasteiger partial charge in [-0.1, -0.05) is 92.6 Å². The van der Waals surface area contributed by atoms with E-state index in [1.807, 2.05) is 97.1 Å². The number of hydrogen-bond acceptors (Lipinski definition) is 5. The zero-order chi connectivity index (χ0) is 27.3. The smallest absolute Gasteiger partial charge is 0.252 e. The van der Waals surface area contributed by atoms with Crippen LogP contribution in [-0.2, 0) is 9.53 Å². The first-order valence-corrected chi connectivity index (χ1v) is 13.8. The molecule has 2 atom stereocenters. The van der Waals surface area contributed by atoms with Crippen LogP contribution in [-0.4, -0.2) is 42.2 Å². The summed E-state index contributed by atoms with van der Waals surface area (Å²) in [6.45, 7) is 3.28. The number of carbonyl (C=O) groups is 1. The Hall–Kier alpha value is -3.90. The van der Waals surface area contributed by atoms with Crippen LogP contribution in [0, 0.1) is 0 Å². The second-order valence-electron chi connectivity index (χ2n) is 9.68. The first-order chi connectivity index (χ1) is 19.2. The molecule has 1 amide bonds. The standard InChI is InChI=1S/C33H38N2O4/c1-2-3-10-23-34-32(37)33(22-11-15-26-13-6-4-7-14-26)30(27-16-8-5-9-17-27)39-31(35-33)28-18-20-29(21-19-28)38-25-12-24-36/h4-9,11,13-21,30,36H,2-3,10,12,22-25H2,1H3,(H,34,37)/b15-11+/t30-,33-/m1/s1. The maximum absolute atomic E-state index is 14.0. The largest absolute Gasteiger partial charge is 0.494 e. The Morgan fingerprint density at radius 3 is 2.41 bits per heavy atom. The van der Waals surface area contributed by atoms with Gasteiger partial charge in [0.05, 0.1) is 6.61 Å². The zero-order valence-corrected chi connectivity index (χ0v) is 22.6. The molecule has 0 aromatic heterocycles. The van der Waals surface area contributed by atoms with Crippen LogP contribution in [0.1, 0.15) is 61.8 Å². The van der Waals surface area contributed by atoms with Gasteiger partial charge < -0.3 is 19.9 Å². The number of aliphatic hydroxyl groups is 1. The quantitative estimate of drug-likeness (QED) is 0.248. The fourth-order valence-electron chi connectivity index (χ4n) is 4.61. The lowest BCUT2D eigenvalue weighted by Gasteiger charge is -2.29. The van der Waals surface area contributed by atoms with E-state index in [4.69, 9.17) is 19.6 Å². The van der Waals surface area contributed by atoms with E-state index in [0.29, 0.717) is 37.6 Å². The van der Waals surface area contributed by atoms with Crippen molar-refractivity contribution in [2.75, 3.05) is 19.8 Å². The van der Waals surface area contributed by atoms with Crippen molar-refractivity contribution in [3.63, 3.8) is 0 Å². The van der Waals surface area contributed by atoms with Gasteiger partial charge >= 0.3 is 0 Å². The van der Waals surface area contributed by atoms with Crippen molar-refractivity contribution in [1.82, 2.24) is 5.32 Å². The number of nitrogens with zero attached hydrogens (tertiary/aromatic N) is 1. The molecule has 4 rings (SSSR count). The summed E-state index contributed by atoms with van der Waals surface area (Å²) in [5, 5.41) is 12.2. The van der Waals surface area contributed by atoms with Crippen molar-refractivity contribution in [2.45, 2.75) is 50.7 Å². The third-order valence-electron chi connectivity index (χ3n) is 6.74. The molecule has 6 nitrogen and oxygen atoms in total. The molecular formula is C33H38N2O4. The topological polar surface area (TPSA) is 80.2 Å². The summed E-state index contributed by atoms with van der Waals surface area (Å²) in [7, 11) is 0. The average molecular weight is 527 g/mol. The van der Waals surface area contributed by atoms with Crippen LogP contribution in [0.5, 0.6) is 5.75 Å². The maximum Gasteiger partial charge on any atom is 0.252 e. The molecule has 0 bridgehead atoms. The van der Waals surface area contributed by atoms with Crippen LogP contribution in [0.15, 0.2) is 96.0 Å². The SMILES string of the molecule is CCCCCNC(=O)[C@]1(C/C=C/c2ccccc2)N=C(c2ccc(OCCCO)cc2)O[C@@H]1c1ccccc1.